The van der Waals surface area contributed by atoms with Crippen LogP contribution in [0.25, 0.3) is 10.6 Å². The number of likely N-dealkylation sites (tertiary alicyclic amines) is 1. The second-order valence-electron chi connectivity index (χ2n) is 6.79. The molecule has 2 amide bonds. The predicted molar refractivity (Wildman–Crippen MR) is 119 cm³/mol. The SMILES string of the molecule is COc1ccc(C(=O)N2CCCC2C(=O)Nc2nnc(-c3ccc(Br)cc3)s2)cc1. The molecule has 1 unspecified atom stereocenters. The molecule has 4 rings (SSSR count). The summed E-state index contributed by atoms with van der Waals surface area (Å²) in [6, 6.07) is 14.1. The van der Waals surface area contributed by atoms with Crippen molar-refractivity contribution in [1.29, 1.82) is 0 Å². The normalized spacial score (nSPS) is 15.8. The number of carbonyl (C=O) groups is 2. The van der Waals surface area contributed by atoms with Crippen molar-refractivity contribution in [3.8, 4) is 16.3 Å². The van der Waals surface area contributed by atoms with E-state index in [0.29, 0.717) is 29.4 Å². The molecule has 0 spiro atoms. The Morgan fingerprint density at radius 3 is 2.57 bits per heavy atom. The molecule has 2 heterocycles. The summed E-state index contributed by atoms with van der Waals surface area (Å²) in [6.45, 7) is 0.545. The van der Waals surface area contributed by atoms with Crippen LogP contribution in [-0.2, 0) is 4.79 Å². The standard InChI is InChI=1S/C21H19BrN4O3S/c1-29-16-10-6-14(7-11-16)20(28)26-12-2-3-17(26)18(27)23-21-25-24-19(30-21)13-4-8-15(22)9-5-13/h4-11,17H,2-3,12H2,1H3,(H,23,25,27). The van der Waals surface area contributed by atoms with Gasteiger partial charge in [0.05, 0.1) is 7.11 Å². The molecule has 154 valence electrons. The highest BCUT2D eigenvalue weighted by Gasteiger charge is 2.35. The van der Waals surface area contributed by atoms with Gasteiger partial charge in [0.25, 0.3) is 5.91 Å². The molecule has 0 bridgehead atoms. The summed E-state index contributed by atoms with van der Waals surface area (Å²) in [5.74, 6) is 0.274. The highest BCUT2D eigenvalue weighted by Crippen LogP contribution is 2.28. The first-order valence-electron chi connectivity index (χ1n) is 9.40. The summed E-state index contributed by atoms with van der Waals surface area (Å²) < 4.78 is 6.12. The van der Waals surface area contributed by atoms with Crippen molar-refractivity contribution < 1.29 is 14.3 Å². The lowest BCUT2D eigenvalue weighted by molar-refractivity contribution is -0.119. The number of halogens is 1. The van der Waals surface area contributed by atoms with Gasteiger partial charge >= 0.3 is 0 Å². The maximum atomic E-state index is 12.9. The average molecular weight is 487 g/mol. The van der Waals surface area contributed by atoms with Crippen LogP contribution in [0.1, 0.15) is 23.2 Å². The van der Waals surface area contributed by atoms with Gasteiger partial charge in [0.15, 0.2) is 0 Å². The Balaban J connectivity index is 1.44. The van der Waals surface area contributed by atoms with Crippen LogP contribution in [0.5, 0.6) is 5.75 Å². The fourth-order valence-electron chi connectivity index (χ4n) is 3.35. The van der Waals surface area contributed by atoms with E-state index >= 15 is 0 Å². The third kappa shape index (κ3) is 4.36. The topological polar surface area (TPSA) is 84.4 Å². The molecule has 1 saturated heterocycles. The fourth-order valence-corrected chi connectivity index (χ4v) is 4.37. The second-order valence-corrected chi connectivity index (χ2v) is 8.69. The maximum absolute atomic E-state index is 12.9. The van der Waals surface area contributed by atoms with E-state index in [-0.39, 0.29) is 11.8 Å². The van der Waals surface area contributed by atoms with Crippen LogP contribution in [0.4, 0.5) is 5.13 Å². The molecule has 1 aliphatic heterocycles. The molecule has 2 aromatic carbocycles. The maximum Gasteiger partial charge on any atom is 0.254 e. The Hall–Kier alpha value is -2.78. The van der Waals surface area contributed by atoms with Gasteiger partial charge in [0.2, 0.25) is 11.0 Å². The lowest BCUT2D eigenvalue weighted by Crippen LogP contribution is -2.43. The highest BCUT2D eigenvalue weighted by molar-refractivity contribution is 9.10. The minimum Gasteiger partial charge on any atom is -0.497 e. The molecule has 0 aliphatic carbocycles. The Morgan fingerprint density at radius 2 is 1.87 bits per heavy atom. The van der Waals surface area contributed by atoms with Gasteiger partial charge in [-0.15, -0.1) is 10.2 Å². The Kier molecular flexibility index (Phi) is 6.10. The number of nitrogens with zero attached hydrogens (tertiary/aromatic N) is 3. The molecule has 1 N–H and O–H groups in total. The summed E-state index contributed by atoms with van der Waals surface area (Å²) in [7, 11) is 1.58. The van der Waals surface area contributed by atoms with Crippen LogP contribution in [-0.4, -0.2) is 46.6 Å². The molecule has 9 heteroatoms. The van der Waals surface area contributed by atoms with E-state index < -0.39 is 6.04 Å². The van der Waals surface area contributed by atoms with Crippen molar-refractivity contribution in [2.75, 3.05) is 19.0 Å². The first-order chi connectivity index (χ1) is 14.5. The summed E-state index contributed by atoms with van der Waals surface area (Å²) >= 11 is 4.71. The minimum absolute atomic E-state index is 0.164. The van der Waals surface area contributed by atoms with Crippen molar-refractivity contribution >= 4 is 44.2 Å². The Labute approximate surface area is 186 Å². The van der Waals surface area contributed by atoms with Crippen molar-refractivity contribution in [3.05, 3.63) is 58.6 Å². The molecule has 1 fully saturated rings. The quantitative estimate of drug-likeness (QED) is 0.583. The van der Waals surface area contributed by atoms with Gasteiger partial charge in [-0.25, -0.2) is 0 Å². The van der Waals surface area contributed by atoms with Gasteiger partial charge in [0.1, 0.15) is 16.8 Å². The zero-order chi connectivity index (χ0) is 21.1. The van der Waals surface area contributed by atoms with Crippen LogP contribution in [0, 0.1) is 0 Å². The van der Waals surface area contributed by atoms with Gasteiger partial charge in [-0.05, 0) is 49.2 Å². The van der Waals surface area contributed by atoms with Crippen molar-refractivity contribution in [2.45, 2.75) is 18.9 Å². The minimum atomic E-state index is -0.528. The number of anilines is 1. The molecule has 7 nitrogen and oxygen atoms in total. The fraction of sp³-hybridized carbons (Fsp3) is 0.238. The van der Waals surface area contributed by atoms with Gasteiger partial charge in [-0.2, -0.15) is 0 Å². The molecule has 1 aliphatic rings. The third-order valence-corrected chi connectivity index (χ3v) is 6.32. The van der Waals surface area contributed by atoms with Gasteiger partial charge in [-0.1, -0.05) is 39.4 Å². The number of ether oxygens (including phenoxy) is 1. The lowest BCUT2D eigenvalue weighted by atomic mass is 10.1. The third-order valence-electron chi connectivity index (χ3n) is 4.90. The number of amides is 2. The van der Waals surface area contributed by atoms with Gasteiger partial charge in [0, 0.05) is 22.1 Å². The average Bonchev–Trinajstić information content (AvgIpc) is 3.44. The molecule has 0 saturated carbocycles. The van der Waals surface area contributed by atoms with E-state index in [1.807, 2.05) is 24.3 Å². The van der Waals surface area contributed by atoms with Crippen LogP contribution < -0.4 is 10.1 Å². The number of hydrogen-bond donors (Lipinski definition) is 1. The van der Waals surface area contributed by atoms with E-state index in [0.717, 1.165) is 21.5 Å². The zero-order valence-corrected chi connectivity index (χ0v) is 18.6. The number of rotatable bonds is 5. The molecular formula is C21H19BrN4O3S. The number of carbonyl (C=O) groups excluding carboxylic acids is 2. The first kappa shape index (κ1) is 20.5. The highest BCUT2D eigenvalue weighted by atomic mass is 79.9. The molecule has 30 heavy (non-hydrogen) atoms. The zero-order valence-electron chi connectivity index (χ0n) is 16.2. The van der Waals surface area contributed by atoms with E-state index in [1.54, 1.807) is 36.3 Å². The molecule has 3 aromatic rings. The molecule has 0 radical (unpaired) electrons. The van der Waals surface area contributed by atoms with E-state index in [9.17, 15) is 9.59 Å². The van der Waals surface area contributed by atoms with E-state index in [2.05, 4.69) is 31.4 Å². The van der Waals surface area contributed by atoms with Crippen LogP contribution in [0.15, 0.2) is 53.0 Å². The van der Waals surface area contributed by atoms with Crippen LogP contribution in [0.2, 0.25) is 0 Å². The molecule has 1 aromatic heterocycles. The Bertz CT molecular complexity index is 1050. The number of aromatic nitrogens is 2. The number of nitrogens with one attached hydrogen (secondary N) is 1. The number of hydrogen-bond acceptors (Lipinski definition) is 6. The predicted octanol–water partition coefficient (Wildman–Crippen LogP) is 4.22. The summed E-state index contributed by atoms with van der Waals surface area (Å²) in [5, 5.41) is 12.2. The number of methoxy groups -OCH3 is 1. The van der Waals surface area contributed by atoms with E-state index in [1.165, 1.54) is 11.3 Å². The largest absolute Gasteiger partial charge is 0.497 e. The van der Waals surface area contributed by atoms with Gasteiger partial charge in [-0.3, -0.25) is 14.9 Å². The molecule has 1 atom stereocenters. The van der Waals surface area contributed by atoms with Crippen molar-refractivity contribution in [2.24, 2.45) is 0 Å². The van der Waals surface area contributed by atoms with Crippen LogP contribution >= 0.6 is 27.3 Å². The number of benzene rings is 2. The second kappa shape index (κ2) is 8.93. The molecular weight excluding hydrogens is 468 g/mol. The lowest BCUT2D eigenvalue weighted by Gasteiger charge is -2.23. The Morgan fingerprint density at radius 1 is 1.13 bits per heavy atom. The van der Waals surface area contributed by atoms with Crippen molar-refractivity contribution in [1.82, 2.24) is 15.1 Å². The smallest absolute Gasteiger partial charge is 0.254 e. The summed E-state index contributed by atoms with van der Waals surface area (Å²) in [4.78, 5) is 27.4. The van der Waals surface area contributed by atoms with Gasteiger partial charge < -0.3 is 9.64 Å². The van der Waals surface area contributed by atoms with Crippen LogP contribution in [0.3, 0.4) is 0 Å². The first-order valence-corrected chi connectivity index (χ1v) is 11.0. The summed E-state index contributed by atoms with van der Waals surface area (Å²) in [5.41, 5.74) is 1.46. The monoisotopic (exact) mass is 486 g/mol. The summed E-state index contributed by atoms with van der Waals surface area (Å²) in [6.07, 6.45) is 1.40. The van der Waals surface area contributed by atoms with Crippen molar-refractivity contribution in [3.63, 3.8) is 0 Å². The van der Waals surface area contributed by atoms with E-state index in [4.69, 9.17) is 4.74 Å².